The number of carbonyl (C=O) groups excluding carboxylic acids is 1. The lowest BCUT2D eigenvalue weighted by atomic mass is 10.3. The number of hydrogen-bond donors (Lipinski definition) is 1. The molecule has 1 amide bonds. The van der Waals surface area contributed by atoms with E-state index in [2.05, 4.69) is 11.2 Å². The van der Waals surface area contributed by atoms with Crippen LogP contribution in [0.2, 0.25) is 5.02 Å². The Labute approximate surface area is 99.7 Å². The predicted octanol–water partition coefficient (Wildman–Crippen LogP) is 1.86. The third kappa shape index (κ3) is 4.72. The van der Waals surface area contributed by atoms with E-state index in [1.165, 1.54) is 0 Å². The molecule has 0 aromatic heterocycles. The first-order chi connectivity index (χ1) is 7.72. The van der Waals surface area contributed by atoms with Crippen LogP contribution in [-0.2, 0) is 4.79 Å². The summed E-state index contributed by atoms with van der Waals surface area (Å²) in [6.07, 6.45) is 5.57. The van der Waals surface area contributed by atoms with E-state index in [1.54, 1.807) is 24.3 Å². The van der Waals surface area contributed by atoms with Crippen LogP contribution in [0, 0.1) is 12.3 Å². The average Bonchev–Trinajstić information content (AvgIpc) is 2.27. The fraction of sp³-hybridized carbons (Fsp3) is 0.250. The van der Waals surface area contributed by atoms with Crippen LogP contribution in [-0.4, -0.2) is 19.1 Å². The highest BCUT2D eigenvalue weighted by molar-refractivity contribution is 6.30. The minimum Gasteiger partial charge on any atom is -0.484 e. The molecule has 16 heavy (non-hydrogen) atoms. The molecule has 0 heterocycles. The molecule has 4 heteroatoms. The molecule has 1 N–H and O–H groups in total. The molecule has 0 aliphatic carbocycles. The number of nitrogens with one attached hydrogen (secondary N) is 1. The van der Waals surface area contributed by atoms with Crippen LogP contribution in [0.1, 0.15) is 6.42 Å². The maximum atomic E-state index is 11.2. The number of halogens is 1. The van der Waals surface area contributed by atoms with Crippen molar-refractivity contribution in [3.05, 3.63) is 29.3 Å². The van der Waals surface area contributed by atoms with Crippen LogP contribution in [0.5, 0.6) is 5.75 Å². The molecule has 0 aliphatic rings. The molecular formula is C12H12ClNO2. The Morgan fingerprint density at radius 3 is 3.06 bits per heavy atom. The summed E-state index contributed by atoms with van der Waals surface area (Å²) in [7, 11) is 0. The summed E-state index contributed by atoms with van der Waals surface area (Å²) in [6.45, 7) is 0.430. The van der Waals surface area contributed by atoms with Crippen molar-refractivity contribution >= 4 is 17.5 Å². The van der Waals surface area contributed by atoms with E-state index >= 15 is 0 Å². The zero-order valence-corrected chi connectivity index (χ0v) is 9.46. The standard InChI is InChI=1S/C12H12ClNO2/c1-2-3-7-14-12(15)9-16-11-6-4-5-10(13)8-11/h1,4-6,8H,3,7,9H2,(H,14,15). The smallest absolute Gasteiger partial charge is 0.257 e. The van der Waals surface area contributed by atoms with Crippen molar-refractivity contribution in [3.63, 3.8) is 0 Å². The normalized spacial score (nSPS) is 9.25. The molecule has 0 radical (unpaired) electrons. The second kappa shape index (κ2) is 6.76. The molecule has 0 fully saturated rings. The molecule has 0 saturated heterocycles. The Bertz CT molecular complexity index is 398. The van der Waals surface area contributed by atoms with Gasteiger partial charge in [-0.1, -0.05) is 17.7 Å². The molecule has 0 unspecified atom stereocenters. The minimum absolute atomic E-state index is 0.0368. The maximum absolute atomic E-state index is 11.2. The largest absolute Gasteiger partial charge is 0.484 e. The Morgan fingerprint density at radius 1 is 1.56 bits per heavy atom. The molecule has 1 aromatic rings. The molecular weight excluding hydrogens is 226 g/mol. The maximum Gasteiger partial charge on any atom is 0.257 e. The van der Waals surface area contributed by atoms with E-state index in [4.69, 9.17) is 22.8 Å². The van der Waals surface area contributed by atoms with Gasteiger partial charge in [-0.25, -0.2) is 0 Å². The highest BCUT2D eigenvalue weighted by atomic mass is 35.5. The third-order valence-electron chi connectivity index (χ3n) is 1.76. The monoisotopic (exact) mass is 237 g/mol. The average molecular weight is 238 g/mol. The van der Waals surface area contributed by atoms with Gasteiger partial charge in [-0.2, -0.15) is 0 Å². The molecule has 1 rings (SSSR count). The summed E-state index contributed by atoms with van der Waals surface area (Å²) in [5.41, 5.74) is 0. The van der Waals surface area contributed by atoms with Crippen LogP contribution in [0.15, 0.2) is 24.3 Å². The van der Waals surface area contributed by atoms with Gasteiger partial charge in [-0.15, -0.1) is 12.3 Å². The number of rotatable bonds is 5. The van der Waals surface area contributed by atoms with Gasteiger partial charge in [0.05, 0.1) is 0 Å². The Hall–Kier alpha value is -1.66. The molecule has 0 bridgehead atoms. The number of terminal acetylenes is 1. The van der Waals surface area contributed by atoms with Crippen molar-refractivity contribution in [1.82, 2.24) is 5.32 Å². The van der Waals surface area contributed by atoms with E-state index in [0.717, 1.165) is 0 Å². The van der Waals surface area contributed by atoms with Crippen LogP contribution in [0.3, 0.4) is 0 Å². The Kier molecular flexibility index (Phi) is 5.24. The highest BCUT2D eigenvalue weighted by Gasteiger charge is 2.01. The second-order valence-electron chi connectivity index (χ2n) is 3.05. The first-order valence-corrected chi connectivity index (χ1v) is 5.18. The quantitative estimate of drug-likeness (QED) is 0.627. The van der Waals surface area contributed by atoms with Crippen molar-refractivity contribution < 1.29 is 9.53 Å². The van der Waals surface area contributed by atoms with Gasteiger partial charge in [0.15, 0.2) is 6.61 Å². The van der Waals surface area contributed by atoms with Crippen molar-refractivity contribution in [1.29, 1.82) is 0 Å². The molecule has 3 nitrogen and oxygen atoms in total. The molecule has 0 saturated carbocycles. The predicted molar refractivity (Wildman–Crippen MR) is 63.4 cm³/mol. The van der Waals surface area contributed by atoms with Crippen LogP contribution in [0.4, 0.5) is 0 Å². The number of hydrogen-bond acceptors (Lipinski definition) is 2. The Morgan fingerprint density at radius 2 is 2.38 bits per heavy atom. The van der Waals surface area contributed by atoms with Crippen LogP contribution >= 0.6 is 11.6 Å². The van der Waals surface area contributed by atoms with E-state index < -0.39 is 0 Å². The first-order valence-electron chi connectivity index (χ1n) is 4.81. The SMILES string of the molecule is C#CCCNC(=O)COc1cccc(Cl)c1. The number of benzene rings is 1. The van der Waals surface area contributed by atoms with Gasteiger partial charge < -0.3 is 10.1 Å². The Balaban J connectivity index is 2.29. The summed E-state index contributed by atoms with van der Waals surface area (Å²) in [5, 5.41) is 3.20. The van der Waals surface area contributed by atoms with Crippen LogP contribution < -0.4 is 10.1 Å². The van der Waals surface area contributed by atoms with Gasteiger partial charge in [0, 0.05) is 18.0 Å². The van der Waals surface area contributed by atoms with E-state index in [9.17, 15) is 4.79 Å². The summed E-state index contributed by atoms with van der Waals surface area (Å²) in [6, 6.07) is 6.88. The van der Waals surface area contributed by atoms with Crippen molar-refractivity contribution in [2.24, 2.45) is 0 Å². The lowest BCUT2D eigenvalue weighted by Gasteiger charge is -2.06. The third-order valence-corrected chi connectivity index (χ3v) is 1.99. The summed E-state index contributed by atoms with van der Waals surface area (Å²) >= 11 is 5.76. The van der Waals surface area contributed by atoms with Crippen molar-refractivity contribution in [2.75, 3.05) is 13.2 Å². The topological polar surface area (TPSA) is 38.3 Å². The number of carbonyl (C=O) groups is 1. The van der Waals surface area contributed by atoms with E-state index in [1.807, 2.05) is 0 Å². The zero-order chi connectivity index (χ0) is 11.8. The van der Waals surface area contributed by atoms with Crippen molar-refractivity contribution in [3.8, 4) is 18.1 Å². The van der Waals surface area contributed by atoms with E-state index in [0.29, 0.717) is 23.7 Å². The van der Waals surface area contributed by atoms with Gasteiger partial charge in [0.1, 0.15) is 5.75 Å². The van der Waals surface area contributed by atoms with Crippen molar-refractivity contribution in [2.45, 2.75) is 6.42 Å². The van der Waals surface area contributed by atoms with Gasteiger partial charge in [0.25, 0.3) is 5.91 Å². The van der Waals surface area contributed by atoms with Crippen LogP contribution in [0.25, 0.3) is 0 Å². The minimum atomic E-state index is -0.199. The number of ether oxygens (including phenoxy) is 1. The van der Waals surface area contributed by atoms with Gasteiger partial charge in [0.2, 0.25) is 0 Å². The molecule has 0 spiro atoms. The lowest BCUT2D eigenvalue weighted by molar-refractivity contribution is -0.123. The first kappa shape index (κ1) is 12.4. The summed E-state index contributed by atoms with van der Waals surface area (Å²) in [4.78, 5) is 11.2. The zero-order valence-electron chi connectivity index (χ0n) is 8.70. The summed E-state index contributed by atoms with van der Waals surface area (Å²) in [5.74, 6) is 2.80. The van der Waals surface area contributed by atoms with E-state index in [-0.39, 0.29) is 12.5 Å². The highest BCUT2D eigenvalue weighted by Crippen LogP contribution is 2.16. The van der Waals surface area contributed by atoms with Gasteiger partial charge >= 0.3 is 0 Å². The number of amides is 1. The fourth-order valence-electron chi connectivity index (χ4n) is 1.03. The molecule has 1 aromatic carbocycles. The summed E-state index contributed by atoms with van der Waals surface area (Å²) < 4.78 is 5.23. The molecule has 0 atom stereocenters. The lowest BCUT2D eigenvalue weighted by Crippen LogP contribution is -2.29. The molecule has 0 aliphatic heterocycles. The fourth-order valence-corrected chi connectivity index (χ4v) is 1.21. The second-order valence-corrected chi connectivity index (χ2v) is 3.49. The van der Waals surface area contributed by atoms with Gasteiger partial charge in [-0.3, -0.25) is 4.79 Å². The molecule has 84 valence electrons. The van der Waals surface area contributed by atoms with Gasteiger partial charge in [-0.05, 0) is 18.2 Å².